The van der Waals surface area contributed by atoms with Gasteiger partial charge in [-0.2, -0.15) is 24.5 Å². The number of ether oxygens (including phenoxy) is 1. The Morgan fingerprint density at radius 1 is 1.22 bits per heavy atom. The summed E-state index contributed by atoms with van der Waals surface area (Å²) in [5.41, 5.74) is 1.09. The Labute approximate surface area is 158 Å². The number of likely N-dealkylation sites (tertiary alicyclic amines) is 1. The zero-order chi connectivity index (χ0) is 19.6. The maximum Gasteiger partial charge on any atom is 0.490 e. The third kappa shape index (κ3) is 4.61. The molecule has 0 saturated carbocycles. The number of nitrogens with zero attached hydrogens (tertiary/aromatic N) is 2. The van der Waals surface area contributed by atoms with Crippen LogP contribution in [-0.2, 0) is 14.3 Å². The molecular weight excluding hydrogens is 385 g/mol. The Morgan fingerprint density at radius 2 is 1.89 bits per heavy atom. The van der Waals surface area contributed by atoms with Crippen molar-refractivity contribution in [2.24, 2.45) is 11.8 Å². The Kier molecular flexibility index (Phi) is 6.07. The number of amides is 1. The third-order valence-electron chi connectivity index (χ3n) is 5.24. The number of carbonyl (C=O) groups is 2. The number of carboxylic acids is 1. The van der Waals surface area contributed by atoms with Gasteiger partial charge in [0.15, 0.2) is 0 Å². The van der Waals surface area contributed by atoms with Crippen LogP contribution >= 0.6 is 11.3 Å². The zero-order valence-electron chi connectivity index (χ0n) is 14.5. The van der Waals surface area contributed by atoms with E-state index in [2.05, 4.69) is 16.3 Å². The van der Waals surface area contributed by atoms with Crippen LogP contribution in [0.25, 0.3) is 0 Å². The molecule has 3 aliphatic heterocycles. The molecular formula is C17H21F3N2O4S. The molecule has 3 fully saturated rings. The minimum absolute atomic E-state index is 0.220. The molecule has 4 heterocycles. The van der Waals surface area contributed by atoms with Crippen molar-refractivity contribution >= 4 is 28.9 Å². The van der Waals surface area contributed by atoms with Gasteiger partial charge in [-0.05, 0) is 24.3 Å². The first-order valence-electron chi connectivity index (χ1n) is 8.73. The highest BCUT2D eigenvalue weighted by Crippen LogP contribution is 2.37. The number of fused-ring (bicyclic) bond motifs is 1. The van der Waals surface area contributed by atoms with E-state index in [-0.39, 0.29) is 5.92 Å². The number of hydrogen-bond donors (Lipinski definition) is 1. The van der Waals surface area contributed by atoms with Crippen LogP contribution < -0.4 is 4.90 Å². The predicted octanol–water partition coefficient (Wildman–Crippen LogP) is 2.46. The molecule has 6 nitrogen and oxygen atoms in total. The summed E-state index contributed by atoms with van der Waals surface area (Å²) >= 11 is 1.66. The molecule has 2 atom stereocenters. The number of anilines is 1. The van der Waals surface area contributed by atoms with Crippen molar-refractivity contribution in [3.8, 4) is 0 Å². The molecule has 4 rings (SSSR count). The molecule has 0 unspecified atom stereocenters. The maximum absolute atomic E-state index is 12.6. The lowest BCUT2D eigenvalue weighted by molar-refractivity contribution is -0.192. The van der Waals surface area contributed by atoms with Crippen molar-refractivity contribution in [2.45, 2.75) is 25.1 Å². The fraction of sp³-hybridized carbons (Fsp3) is 0.647. The van der Waals surface area contributed by atoms with Gasteiger partial charge in [-0.3, -0.25) is 9.69 Å². The molecule has 10 heteroatoms. The van der Waals surface area contributed by atoms with Gasteiger partial charge in [-0.1, -0.05) is 0 Å². The molecule has 0 radical (unpaired) electrons. The van der Waals surface area contributed by atoms with Crippen LogP contribution in [0.15, 0.2) is 16.8 Å². The van der Waals surface area contributed by atoms with Gasteiger partial charge < -0.3 is 14.7 Å². The van der Waals surface area contributed by atoms with Crippen molar-refractivity contribution in [3.63, 3.8) is 0 Å². The van der Waals surface area contributed by atoms with Gasteiger partial charge in [0.2, 0.25) is 5.91 Å². The number of rotatable bonds is 2. The van der Waals surface area contributed by atoms with E-state index in [1.807, 2.05) is 10.3 Å². The number of carbonyl (C=O) groups excluding carboxylic acids is 1. The van der Waals surface area contributed by atoms with Crippen LogP contribution in [0.3, 0.4) is 0 Å². The summed E-state index contributed by atoms with van der Waals surface area (Å²) in [7, 11) is 0. The molecule has 1 aromatic rings. The van der Waals surface area contributed by atoms with E-state index in [1.54, 1.807) is 11.3 Å². The van der Waals surface area contributed by atoms with E-state index in [1.165, 1.54) is 0 Å². The van der Waals surface area contributed by atoms with Gasteiger partial charge in [-0.25, -0.2) is 4.79 Å². The van der Waals surface area contributed by atoms with Crippen molar-refractivity contribution in [1.29, 1.82) is 0 Å². The number of thiophene rings is 1. The smallest absolute Gasteiger partial charge is 0.475 e. The van der Waals surface area contributed by atoms with Crippen LogP contribution in [0.5, 0.6) is 0 Å². The molecule has 1 aromatic heterocycles. The Morgan fingerprint density at radius 3 is 2.41 bits per heavy atom. The van der Waals surface area contributed by atoms with E-state index >= 15 is 0 Å². The van der Waals surface area contributed by atoms with Gasteiger partial charge in [0.05, 0.1) is 11.6 Å². The summed E-state index contributed by atoms with van der Waals surface area (Å²) in [6, 6.07) is 2.69. The average Bonchev–Trinajstić information content (AvgIpc) is 3.33. The van der Waals surface area contributed by atoms with E-state index in [0.29, 0.717) is 17.9 Å². The Balaban J connectivity index is 0.000000260. The average molecular weight is 406 g/mol. The SMILES string of the molecule is O=C(O)C(F)(F)F.O=C1[C@H]2CN(C3CCOCC3)C[C@H]2CN1c1ccsc1. The summed E-state index contributed by atoms with van der Waals surface area (Å²) < 4.78 is 37.2. The predicted molar refractivity (Wildman–Crippen MR) is 92.8 cm³/mol. The number of halogens is 3. The first-order chi connectivity index (χ1) is 12.8. The van der Waals surface area contributed by atoms with Crippen LogP contribution in [0, 0.1) is 11.8 Å². The van der Waals surface area contributed by atoms with Crippen LogP contribution in [-0.4, -0.2) is 66.9 Å². The molecule has 3 saturated heterocycles. The Hall–Kier alpha value is -1.65. The number of alkyl halides is 3. The summed E-state index contributed by atoms with van der Waals surface area (Å²) in [6.07, 6.45) is -2.83. The first-order valence-corrected chi connectivity index (χ1v) is 9.67. The van der Waals surface area contributed by atoms with Gasteiger partial charge in [-0.15, -0.1) is 0 Å². The summed E-state index contributed by atoms with van der Waals surface area (Å²) in [5, 5.41) is 11.3. The van der Waals surface area contributed by atoms with Crippen molar-refractivity contribution < 1.29 is 32.6 Å². The van der Waals surface area contributed by atoms with Crippen molar-refractivity contribution in [1.82, 2.24) is 4.90 Å². The van der Waals surface area contributed by atoms with E-state index < -0.39 is 12.1 Å². The van der Waals surface area contributed by atoms with Gasteiger partial charge in [0.25, 0.3) is 0 Å². The van der Waals surface area contributed by atoms with Crippen LogP contribution in [0.1, 0.15) is 12.8 Å². The zero-order valence-corrected chi connectivity index (χ0v) is 15.3. The third-order valence-corrected chi connectivity index (χ3v) is 5.91. The van der Waals surface area contributed by atoms with E-state index in [9.17, 15) is 18.0 Å². The fourth-order valence-corrected chi connectivity index (χ4v) is 4.53. The minimum atomic E-state index is -5.08. The lowest BCUT2D eigenvalue weighted by atomic mass is 10.0. The van der Waals surface area contributed by atoms with E-state index in [4.69, 9.17) is 14.6 Å². The number of aliphatic carboxylic acids is 1. The first kappa shape index (κ1) is 20.1. The van der Waals surface area contributed by atoms with Crippen molar-refractivity contribution in [3.05, 3.63) is 16.8 Å². The van der Waals surface area contributed by atoms with Crippen LogP contribution in [0.4, 0.5) is 18.9 Å². The van der Waals surface area contributed by atoms with Gasteiger partial charge in [0.1, 0.15) is 0 Å². The molecule has 1 N–H and O–H groups in total. The fourth-order valence-electron chi connectivity index (χ4n) is 3.89. The quantitative estimate of drug-likeness (QED) is 0.817. The van der Waals surface area contributed by atoms with Crippen LogP contribution in [0.2, 0.25) is 0 Å². The second-order valence-corrected chi connectivity index (χ2v) is 7.68. The highest BCUT2D eigenvalue weighted by atomic mass is 32.1. The van der Waals surface area contributed by atoms with Gasteiger partial charge >= 0.3 is 12.1 Å². The lowest BCUT2D eigenvalue weighted by Crippen LogP contribution is -2.40. The highest BCUT2D eigenvalue weighted by Gasteiger charge is 2.48. The lowest BCUT2D eigenvalue weighted by Gasteiger charge is -2.32. The molecule has 0 aliphatic carbocycles. The molecule has 27 heavy (non-hydrogen) atoms. The highest BCUT2D eigenvalue weighted by molar-refractivity contribution is 7.08. The topological polar surface area (TPSA) is 70.1 Å². The summed E-state index contributed by atoms with van der Waals surface area (Å²) in [5.74, 6) is -1.68. The normalized spacial score (nSPS) is 26.6. The van der Waals surface area contributed by atoms with E-state index in [0.717, 1.165) is 51.4 Å². The monoisotopic (exact) mass is 406 g/mol. The van der Waals surface area contributed by atoms with Crippen molar-refractivity contribution in [2.75, 3.05) is 37.7 Å². The standard InChI is InChI=1S/C15H20N2O2S.C2HF3O2/c18-15-14-9-16(12-1-4-19-5-2-12)7-11(14)8-17(15)13-3-6-20-10-13;3-2(4,5)1(6)7/h3,6,10-12,14H,1-2,4-5,7-9H2;(H,6,7)/t11-,14-;/m0./s1. The number of hydrogen-bond acceptors (Lipinski definition) is 5. The molecule has 3 aliphatic rings. The second-order valence-electron chi connectivity index (χ2n) is 6.90. The second kappa shape index (κ2) is 8.15. The molecule has 0 spiro atoms. The molecule has 150 valence electrons. The minimum Gasteiger partial charge on any atom is -0.475 e. The molecule has 0 aromatic carbocycles. The molecule has 0 bridgehead atoms. The van der Waals surface area contributed by atoms with Gasteiger partial charge in [0, 0.05) is 50.2 Å². The molecule has 1 amide bonds. The maximum atomic E-state index is 12.6. The number of carboxylic acid groups (broad SMARTS) is 1. The Bertz CT molecular complexity index is 662. The summed E-state index contributed by atoms with van der Waals surface area (Å²) in [4.78, 5) is 26.0. The summed E-state index contributed by atoms with van der Waals surface area (Å²) in [6.45, 7) is 4.70. The largest absolute Gasteiger partial charge is 0.490 e.